The molecule has 0 heterocycles. The zero-order valence-electron chi connectivity index (χ0n) is 10.7. The minimum Gasteiger partial charge on any atom is -0.258 e. The van der Waals surface area contributed by atoms with Crippen LogP contribution in [0, 0.1) is 10.1 Å². The highest BCUT2D eigenvalue weighted by molar-refractivity contribution is 7.91. The van der Waals surface area contributed by atoms with Crippen molar-refractivity contribution >= 4 is 15.5 Å². The van der Waals surface area contributed by atoms with Gasteiger partial charge in [0.1, 0.15) is 0 Å². The molecule has 0 fully saturated rings. The van der Waals surface area contributed by atoms with E-state index in [9.17, 15) is 31.7 Å². The van der Waals surface area contributed by atoms with E-state index in [4.69, 9.17) is 0 Å². The third-order valence-corrected chi connectivity index (χ3v) is 4.67. The number of halogens is 3. The predicted molar refractivity (Wildman–Crippen MR) is 70.0 cm³/mol. The Morgan fingerprint density at radius 3 is 2.00 bits per heavy atom. The molecule has 116 valence electrons. The molecule has 0 amide bonds. The minimum atomic E-state index is -4.83. The van der Waals surface area contributed by atoms with Crippen LogP contribution in [0.1, 0.15) is 5.56 Å². The Balaban J connectivity index is 2.59. The number of hydrogen-bond donors (Lipinski definition) is 0. The van der Waals surface area contributed by atoms with Crippen LogP contribution in [0.2, 0.25) is 0 Å². The number of nitro benzene ring substituents is 1. The monoisotopic (exact) mass is 331 g/mol. The number of nitro groups is 1. The number of non-ortho nitro benzene ring substituents is 1. The second kappa shape index (κ2) is 5.41. The van der Waals surface area contributed by atoms with Crippen LogP contribution in [0.3, 0.4) is 0 Å². The van der Waals surface area contributed by atoms with Gasteiger partial charge in [0.25, 0.3) is 5.69 Å². The number of benzene rings is 2. The number of hydrogen-bond acceptors (Lipinski definition) is 4. The summed E-state index contributed by atoms with van der Waals surface area (Å²) in [5, 5.41) is 10.5. The molecule has 0 aromatic heterocycles. The molecule has 0 N–H and O–H groups in total. The van der Waals surface area contributed by atoms with E-state index in [-0.39, 0.29) is 5.69 Å². The minimum absolute atomic E-state index is 0.358. The van der Waals surface area contributed by atoms with E-state index in [2.05, 4.69) is 0 Å². The van der Waals surface area contributed by atoms with E-state index in [0.717, 1.165) is 36.4 Å². The van der Waals surface area contributed by atoms with Gasteiger partial charge in [0.05, 0.1) is 20.3 Å². The Morgan fingerprint density at radius 2 is 1.50 bits per heavy atom. The molecule has 2 rings (SSSR count). The lowest BCUT2D eigenvalue weighted by Crippen LogP contribution is -2.13. The van der Waals surface area contributed by atoms with Crippen molar-refractivity contribution in [3.63, 3.8) is 0 Å². The molecular formula is C13H8F3NO4S. The quantitative estimate of drug-likeness (QED) is 0.637. The largest absolute Gasteiger partial charge is 0.417 e. The van der Waals surface area contributed by atoms with Crippen LogP contribution in [0.4, 0.5) is 18.9 Å². The van der Waals surface area contributed by atoms with E-state index in [1.165, 1.54) is 6.07 Å². The van der Waals surface area contributed by atoms with E-state index >= 15 is 0 Å². The molecule has 2 aromatic carbocycles. The lowest BCUT2D eigenvalue weighted by molar-refractivity contribution is -0.384. The molecule has 0 aliphatic rings. The van der Waals surface area contributed by atoms with Gasteiger partial charge < -0.3 is 0 Å². The summed E-state index contributed by atoms with van der Waals surface area (Å²) in [4.78, 5) is 8.45. The van der Waals surface area contributed by atoms with Crippen molar-refractivity contribution < 1.29 is 26.5 Å². The summed E-state index contributed by atoms with van der Waals surface area (Å²) in [6, 6.07) is 7.41. The van der Waals surface area contributed by atoms with Crippen LogP contribution >= 0.6 is 0 Å². The number of alkyl halides is 3. The molecule has 0 aliphatic heterocycles. The third-order valence-electron chi connectivity index (χ3n) is 2.84. The summed E-state index contributed by atoms with van der Waals surface area (Å²) in [5.41, 5.74) is -1.64. The van der Waals surface area contributed by atoms with Crippen molar-refractivity contribution in [2.75, 3.05) is 0 Å². The molecule has 9 heteroatoms. The van der Waals surface area contributed by atoms with Crippen LogP contribution in [-0.4, -0.2) is 13.3 Å². The van der Waals surface area contributed by atoms with E-state index in [1.54, 1.807) is 0 Å². The van der Waals surface area contributed by atoms with Gasteiger partial charge in [-0.1, -0.05) is 12.1 Å². The normalized spacial score (nSPS) is 12.1. The van der Waals surface area contributed by atoms with Crippen molar-refractivity contribution in [1.82, 2.24) is 0 Å². The van der Waals surface area contributed by atoms with Crippen molar-refractivity contribution in [3.05, 3.63) is 64.2 Å². The highest BCUT2D eigenvalue weighted by Gasteiger charge is 2.37. The fourth-order valence-corrected chi connectivity index (χ4v) is 3.29. The van der Waals surface area contributed by atoms with Gasteiger partial charge in [0, 0.05) is 12.1 Å². The maximum absolute atomic E-state index is 12.9. The van der Waals surface area contributed by atoms with Gasteiger partial charge in [-0.25, -0.2) is 8.42 Å². The Bertz CT molecular complexity index is 814. The van der Waals surface area contributed by atoms with Crippen molar-refractivity contribution in [1.29, 1.82) is 0 Å². The summed E-state index contributed by atoms with van der Waals surface area (Å²) in [7, 11) is -4.44. The molecule has 2 aromatic rings. The second-order valence-electron chi connectivity index (χ2n) is 4.25. The van der Waals surface area contributed by atoms with Gasteiger partial charge >= 0.3 is 6.18 Å². The first-order valence-electron chi connectivity index (χ1n) is 5.80. The fourth-order valence-electron chi connectivity index (χ4n) is 1.81. The van der Waals surface area contributed by atoms with Crippen molar-refractivity contribution in [2.45, 2.75) is 16.0 Å². The molecule has 0 radical (unpaired) electrons. The van der Waals surface area contributed by atoms with Gasteiger partial charge in [-0.3, -0.25) is 10.1 Å². The molecule has 0 spiro atoms. The van der Waals surface area contributed by atoms with Gasteiger partial charge in [-0.05, 0) is 24.3 Å². The molecule has 0 aliphatic carbocycles. The van der Waals surface area contributed by atoms with Gasteiger partial charge in [-0.2, -0.15) is 13.2 Å². The Labute approximate surface area is 123 Å². The average Bonchev–Trinajstić information content (AvgIpc) is 2.46. The van der Waals surface area contributed by atoms with E-state index < -0.39 is 36.3 Å². The van der Waals surface area contributed by atoms with E-state index in [1.807, 2.05) is 0 Å². The molecule has 0 unspecified atom stereocenters. The maximum Gasteiger partial charge on any atom is 0.417 e. The van der Waals surface area contributed by atoms with E-state index in [0.29, 0.717) is 6.07 Å². The first-order valence-corrected chi connectivity index (χ1v) is 7.28. The number of sulfone groups is 1. The van der Waals surface area contributed by atoms with Crippen molar-refractivity contribution in [3.8, 4) is 0 Å². The molecular weight excluding hydrogens is 323 g/mol. The van der Waals surface area contributed by atoms with Crippen LogP contribution < -0.4 is 0 Å². The maximum atomic E-state index is 12.9. The van der Waals surface area contributed by atoms with Crippen LogP contribution in [-0.2, 0) is 16.0 Å². The highest BCUT2D eigenvalue weighted by Crippen LogP contribution is 2.36. The topological polar surface area (TPSA) is 77.3 Å². The molecule has 0 atom stereocenters. The summed E-state index contributed by atoms with van der Waals surface area (Å²) in [5.74, 6) is 0. The first-order chi connectivity index (χ1) is 10.1. The third kappa shape index (κ3) is 2.93. The molecule has 5 nitrogen and oxygen atoms in total. The average molecular weight is 331 g/mol. The summed E-state index contributed by atoms with van der Waals surface area (Å²) < 4.78 is 63.4. The SMILES string of the molecule is O=[N+]([O-])c1ccc(S(=O)(=O)c2ccccc2C(F)(F)F)cc1. The van der Waals surface area contributed by atoms with Gasteiger partial charge in [0.2, 0.25) is 9.84 Å². The van der Waals surface area contributed by atoms with Crippen LogP contribution in [0.5, 0.6) is 0 Å². The fraction of sp³-hybridized carbons (Fsp3) is 0.0769. The number of nitrogens with zero attached hydrogens (tertiary/aromatic N) is 1. The van der Waals surface area contributed by atoms with Crippen molar-refractivity contribution in [2.24, 2.45) is 0 Å². The smallest absolute Gasteiger partial charge is 0.258 e. The summed E-state index contributed by atoms with van der Waals surface area (Å²) in [6.07, 6.45) is -4.83. The highest BCUT2D eigenvalue weighted by atomic mass is 32.2. The standard InChI is InChI=1S/C13H8F3NO4S/c14-13(15,16)11-3-1-2-4-12(11)22(20,21)10-7-5-9(6-8-10)17(18)19/h1-8H. The second-order valence-corrected chi connectivity index (χ2v) is 6.17. The molecule has 0 bridgehead atoms. The molecule has 0 saturated carbocycles. The Morgan fingerprint density at radius 1 is 0.955 bits per heavy atom. The Kier molecular flexibility index (Phi) is 3.92. The molecule has 22 heavy (non-hydrogen) atoms. The lowest BCUT2D eigenvalue weighted by atomic mass is 10.2. The van der Waals surface area contributed by atoms with Crippen LogP contribution in [0.25, 0.3) is 0 Å². The van der Waals surface area contributed by atoms with Gasteiger partial charge in [-0.15, -0.1) is 0 Å². The van der Waals surface area contributed by atoms with Crippen LogP contribution in [0.15, 0.2) is 58.3 Å². The van der Waals surface area contributed by atoms with Gasteiger partial charge in [0.15, 0.2) is 0 Å². The Hall–Kier alpha value is -2.42. The zero-order chi connectivity index (χ0) is 16.5. The predicted octanol–water partition coefficient (Wildman–Crippen LogP) is 3.45. The zero-order valence-corrected chi connectivity index (χ0v) is 11.6. The summed E-state index contributed by atoms with van der Waals surface area (Å²) >= 11 is 0. The summed E-state index contributed by atoms with van der Waals surface area (Å²) in [6.45, 7) is 0. The first kappa shape index (κ1) is 16.0. The lowest BCUT2D eigenvalue weighted by Gasteiger charge is -2.13. The molecule has 0 saturated heterocycles. The number of rotatable bonds is 3.